The van der Waals surface area contributed by atoms with Crippen LogP contribution in [-0.4, -0.2) is 29.8 Å². The van der Waals surface area contributed by atoms with Crippen LogP contribution in [0.1, 0.15) is 0 Å². The van der Waals surface area contributed by atoms with E-state index in [4.69, 9.17) is 4.42 Å². The highest BCUT2D eigenvalue weighted by atomic mass is 32.2. The predicted molar refractivity (Wildman–Crippen MR) is 109 cm³/mol. The van der Waals surface area contributed by atoms with Crippen molar-refractivity contribution in [1.82, 2.24) is 14.3 Å². The van der Waals surface area contributed by atoms with E-state index in [1.807, 2.05) is 36.5 Å². The minimum Gasteiger partial charge on any atom is -0.456 e. The van der Waals surface area contributed by atoms with E-state index in [9.17, 15) is 8.42 Å². The average molecular weight is 410 g/mol. The van der Waals surface area contributed by atoms with Gasteiger partial charge in [-0.3, -0.25) is 0 Å². The summed E-state index contributed by atoms with van der Waals surface area (Å²) in [5.41, 5.74) is 2.40. The Morgan fingerprint density at radius 3 is 2.79 bits per heavy atom. The van der Waals surface area contributed by atoms with Crippen molar-refractivity contribution in [2.45, 2.75) is 4.90 Å². The zero-order chi connectivity index (χ0) is 19.3. The monoisotopic (exact) mass is 410 g/mol. The molecule has 5 rings (SSSR count). The molecule has 9 heteroatoms. The zero-order valence-corrected chi connectivity index (χ0v) is 16.3. The van der Waals surface area contributed by atoms with Crippen LogP contribution in [0.5, 0.6) is 0 Å². The lowest BCUT2D eigenvalue weighted by Gasteiger charge is -2.15. The molecule has 0 aliphatic rings. The van der Waals surface area contributed by atoms with Gasteiger partial charge in [-0.1, -0.05) is 24.3 Å². The number of fused-ring (bicyclic) bond motifs is 2. The third-order valence-corrected chi connectivity index (χ3v) is 7.22. The van der Waals surface area contributed by atoms with Gasteiger partial charge in [-0.2, -0.15) is 4.37 Å². The standard InChI is InChI=1S/C19H14N4O3S2/c1-23(19-21-11-22-27-19)28(24,25)13-6-7-14-15(10-20-16(14)9-13)18-8-12-4-2-3-5-17(12)26-18/h2-11,20H,1H3. The van der Waals surface area contributed by atoms with Gasteiger partial charge in [0.2, 0.25) is 5.13 Å². The highest BCUT2D eigenvalue weighted by molar-refractivity contribution is 7.93. The first-order valence-corrected chi connectivity index (χ1v) is 10.6. The fraction of sp³-hybridized carbons (Fsp3) is 0.0526. The molecule has 5 aromatic rings. The molecule has 0 aliphatic heterocycles. The molecule has 0 saturated heterocycles. The van der Waals surface area contributed by atoms with Gasteiger partial charge in [-0.15, -0.1) is 0 Å². The lowest BCUT2D eigenvalue weighted by molar-refractivity contribution is 0.594. The van der Waals surface area contributed by atoms with Crippen molar-refractivity contribution >= 4 is 48.6 Å². The van der Waals surface area contributed by atoms with Crippen molar-refractivity contribution < 1.29 is 12.8 Å². The molecule has 3 heterocycles. The molecular weight excluding hydrogens is 396 g/mol. The first kappa shape index (κ1) is 17.0. The number of nitrogens with zero attached hydrogens (tertiary/aromatic N) is 3. The van der Waals surface area contributed by atoms with E-state index in [0.29, 0.717) is 10.6 Å². The van der Waals surface area contributed by atoms with E-state index >= 15 is 0 Å². The van der Waals surface area contributed by atoms with Gasteiger partial charge in [-0.25, -0.2) is 17.7 Å². The van der Waals surface area contributed by atoms with Crippen LogP contribution in [0.25, 0.3) is 33.2 Å². The number of hydrogen-bond acceptors (Lipinski definition) is 6. The smallest absolute Gasteiger partial charge is 0.265 e. The lowest BCUT2D eigenvalue weighted by atomic mass is 10.1. The normalized spacial score (nSPS) is 12.0. The van der Waals surface area contributed by atoms with Crippen LogP contribution in [-0.2, 0) is 10.0 Å². The highest BCUT2D eigenvalue weighted by Crippen LogP contribution is 2.34. The topological polar surface area (TPSA) is 92.1 Å². The SMILES string of the molecule is CN(c1ncns1)S(=O)(=O)c1ccc2c(-c3cc4ccccc4o3)c[nH]c2c1. The molecule has 0 saturated carbocycles. The van der Waals surface area contributed by atoms with E-state index < -0.39 is 10.0 Å². The van der Waals surface area contributed by atoms with Gasteiger partial charge in [0.05, 0.1) is 4.90 Å². The number of furan rings is 1. The first-order valence-electron chi connectivity index (χ1n) is 8.40. The molecule has 3 aromatic heterocycles. The predicted octanol–water partition coefficient (Wildman–Crippen LogP) is 4.26. The first-order chi connectivity index (χ1) is 13.5. The number of aromatic amines is 1. The summed E-state index contributed by atoms with van der Waals surface area (Å²) >= 11 is 1.02. The van der Waals surface area contributed by atoms with Gasteiger partial charge < -0.3 is 9.40 Å². The van der Waals surface area contributed by atoms with Crippen LogP contribution < -0.4 is 4.31 Å². The molecule has 2 aromatic carbocycles. The molecular formula is C19H14N4O3S2. The minimum atomic E-state index is -3.73. The van der Waals surface area contributed by atoms with Gasteiger partial charge in [0.25, 0.3) is 10.0 Å². The second-order valence-electron chi connectivity index (χ2n) is 6.25. The van der Waals surface area contributed by atoms with E-state index in [0.717, 1.165) is 43.5 Å². The molecule has 140 valence electrons. The van der Waals surface area contributed by atoms with Crippen molar-refractivity contribution in [3.63, 3.8) is 0 Å². The summed E-state index contributed by atoms with van der Waals surface area (Å²) in [6.07, 6.45) is 3.16. The Labute approximate surface area is 164 Å². The molecule has 0 fully saturated rings. The Morgan fingerprint density at radius 2 is 2.00 bits per heavy atom. The largest absolute Gasteiger partial charge is 0.456 e. The van der Waals surface area contributed by atoms with E-state index in [1.165, 1.54) is 13.4 Å². The number of anilines is 1. The Morgan fingerprint density at radius 1 is 1.14 bits per heavy atom. The maximum absolute atomic E-state index is 12.9. The third kappa shape index (κ3) is 2.59. The second-order valence-corrected chi connectivity index (χ2v) is 8.98. The summed E-state index contributed by atoms with van der Waals surface area (Å²) < 4.78 is 36.7. The van der Waals surface area contributed by atoms with Crippen LogP contribution in [0.2, 0.25) is 0 Å². The molecule has 28 heavy (non-hydrogen) atoms. The Hall–Kier alpha value is -3.17. The van der Waals surface area contributed by atoms with E-state index in [2.05, 4.69) is 14.3 Å². The number of para-hydroxylation sites is 1. The van der Waals surface area contributed by atoms with E-state index in [1.54, 1.807) is 18.2 Å². The van der Waals surface area contributed by atoms with Gasteiger partial charge in [-0.05, 0) is 24.3 Å². The number of hydrogen-bond donors (Lipinski definition) is 1. The maximum atomic E-state index is 12.9. The summed E-state index contributed by atoms with van der Waals surface area (Å²) in [6.45, 7) is 0. The summed E-state index contributed by atoms with van der Waals surface area (Å²) in [4.78, 5) is 7.29. The molecule has 0 radical (unpaired) electrons. The molecule has 0 spiro atoms. The molecule has 1 N–H and O–H groups in total. The minimum absolute atomic E-state index is 0.177. The number of benzene rings is 2. The Balaban J connectivity index is 1.58. The van der Waals surface area contributed by atoms with Crippen molar-refractivity contribution in [3.05, 3.63) is 61.1 Å². The second kappa shape index (κ2) is 6.18. The molecule has 0 amide bonds. The van der Waals surface area contributed by atoms with Crippen LogP contribution in [0.4, 0.5) is 5.13 Å². The Kier molecular flexibility index (Phi) is 3.74. The summed E-state index contributed by atoms with van der Waals surface area (Å²) in [7, 11) is -2.26. The van der Waals surface area contributed by atoms with Crippen molar-refractivity contribution in [1.29, 1.82) is 0 Å². The van der Waals surface area contributed by atoms with Gasteiger partial charge in [0.15, 0.2) is 0 Å². The molecule has 7 nitrogen and oxygen atoms in total. The summed E-state index contributed by atoms with van der Waals surface area (Å²) in [5, 5.41) is 2.22. The van der Waals surface area contributed by atoms with Crippen molar-refractivity contribution in [2.24, 2.45) is 0 Å². The number of rotatable bonds is 4. The van der Waals surface area contributed by atoms with Crippen molar-refractivity contribution in [3.8, 4) is 11.3 Å². The Bertz CT molecular complexity index is 1370. The van der Waals surface area contributed by atoms with Gasteiger partial charge in [0.1, 0.15) is 17.7 Å². The summed E-state index contributed by atoms with van der Waals surface area (Å²) in [5.74, 6) is 0.731. The summed E-state index contributed by atoms with van der Waals surface area (Å²) in [6, 6.07) is 14.8. The molecule has 0 bridgehead atoms. The number of sulfonamides is 1. The quantitative estimate of drug-likeness (QED) is 0.478. The van der Waals surface area contributed by atoms with Crippen LogP contribution in [0.15, 0.2) is 70.4 Å². The molecule has 0 unspecified atom stereocenters. The number of nitrogens with one attached hydrogen (secondary N) is 1. The fourth-order valence-corrected chi connectivity index (χ4v) is 5.02. The van der Waals surface area contributed by atoms with Gasteiger partial charge in [0, 0.05) is 46.6 Å². The van der Waals surface area contributed by atoms with Crippen molar-refractivity contribution in [2.75, 3.05) is 11.4 Å². The highest BCUT2D eigenvalue weighted by Gasteiger charge is 2.24. The lowest BCUT2D eigenvalue weighted by Crippen LogP contribution is -2.26. The zero-order valence-electron chi connectivity index (χ0n) is 14.7. The maximum Gasteiger partial charge on any atom is 0.265 e. The number of H-pyrrole nitrogens is 1. The number of aromatic nitrogens is 3. The fourth-order valence-electron chi connectivity index (χ4n) is 3.15. The third-order valence-electron chi connectivity index (χ3n) is 4.62. The van der Waals surface area contributed by atoms with Crippen LogP contribution >= 0.6 is 11.5 Å². The van der Waals surface area contributed by atoms with Crippen LogP contribution in [0, 0.1) is 0 Å². The van der Waals surface area contributed by atoms with Crippen LogP contribution in [0.3, 0.4) is 0 Å². The molecule has 0 aliphatic carbocycles. The van der Waals surface area contributed by atoms with E-state index in [-0.39, 0.29) is 4.90 Å². The van der Waals surface area contributed by atoms with Gasteiger partial charge >= 0.3 is 0 Å². The average Bonchev–Trinajstić information content (AvgIpc) is 3.44. The molecule has 0 atom stereocenters.